The highest BCUT2D eigenvalue weighted by atomic mass is 15.2. The predicted molar refractivity (Wildman–Crippen MR) is 69.9 cm³/mol. The first-order valence-electron chi connectivity index (χ1n) is 5.85. The van der Waals surface area contributed by atoms with E-state index in [1.807, 2.05) is 30.3 Å². The van der Waals surface area contributed by atoms with Gasteiger partial charge in [0.05, 0.1) is 12.2 Å². The van der Waals surface area contributed by atoms with Crippen LogP contribution in [-0.2, 0) is 6.54 Å². The van der Waals surface area contributed by atoms with Crippen LogP contribution in [0.4, 0.5) is 5.82 Å². The molecule has 0 amide bonds. The van der Waals surface area contributed by atoms with E-state index in [0.29, 0.717) is 12.2 Å². The van der Waals surface area contributed by atoms with Crippen LogP contribution in [-0.4, -0.2) is 16.5 Å². The standard InChI is InChI=1S/C14H14N4/c1-2-18(11-13-6-3-4-9-16-13)14-8-5-7-12(10-15)17-14/h3-9H,2,11H2,1H3. The molecule has 0 radical (unpaired) electrons. The molecule has 0 unspecified atom stereocenters. The number of hydrogen-bond donors (Lipinski definition) is 0. The Morgan fingerprint density at radius 3 is 2.78 bits per heavy atom. The van der Waals surface area contributed by atoms with Gasteiger partial charge in [0.25, 0.3) is 0 Å². The Bertz CT molecular complexity index is 545. The fourth-order valence-corrected chi connectivity index (χ4v) is 1.70. The second kappa shape index (κ2) is 5.78. The van der Waals surface area contributed by atoms with Crippen molar-refractivity contribution in [3.05, 3.63) is 54.0 Å². The third-order valence-corrected chi connectivity index (χ3v) is 2.63. The molecule has 2 aromatic heterocycles. The van der Waals surface area contributed by atoms with Crippen LogP contribution in [0.5, 0.6) is 0 Å². The van der Waals surface area contributed by atoms with Crippen LogP contribution in [0.1, 0.15) is 18.3 Å². The van der Waals surface area contributed by atoms with Crippen molar-refractivity contribution in [2.75, 3.05) is 11.4 Å². The maximum atomic E-state index is 8.86. The minimum absolute atomic E-state index is 0.437. The largest absolute Gasteiger partial charge is 0.351 e. The summed E-state index contributed by atoms with van der Waals surface area (Å²) in [5.41, 5.74) is 1.43. The highest BCUT2D eigenvalue weighted by molar-refractivity contribution is 5.41. The van der Waals surface area contributed by atoms with E-state index in [9.17, 15) is 0 Å². The highest BCUT2D eigenvalue weighted by Gasteiger charge is 2.07. The third kappa shape index (κ3) is 2.83. The molecule has 4 nitrogen and oxygen atoms in total. The van der Waals surface area contributed by atoms with Gasteiger partial charge in [0.15, 0.2) is 0 Å². The number of rotatable bonds is 4. The van der Waals surface area contributed by atoms with Crippen molar-refractivity contribution in [2.24, 2.45) is 0 Å². The Morgan fingerprint density at radius 2 is 2.11 bits per heavy atom. The molecule has 0 aromatic carbocycles. The lowest BCUT2D eigenvalue weighted by molar-refractivity contribution is 0.793. The van der Waals surface area contributed by atoms with Crippen molar-refractivity contribution in [3.8, 4) is 6.07 Å². The Hall–Kier alpha value is -2.41. The number of nitriles is 1. The molecule has 0 fully saturated rings. The van der Waals surface area contributed by atoms with Gasteiger partial charge >= 0.3 is 0 Å². The van der Waals surface area contributed by atoms with Gasteiger partial charge in [-0.25, -0.2) is 4.98 Å². The summed E-state index contributed by atoms with van der Waals surface area (Å²) in [6, 6.07) is 13.4. The molecule has 0 bridgehead atoms. The Kier molecular flexibility index (Phi) is 3.87. The molecule has 0 atom stereocenters. The zero-order valence-electron chi connectivity index (χ0n) is 10.2. The lowest BCUT2D eigenvalue weighted by Gasteiger charge is -2.21. The van der Waals surface area contributed by atoms with Crippen LogP contribution in [0, 0.1) is 11.3 Å². The van der Waals surface area contributed by atoms with E-state index >= 15 is 0 Å². The zero-order chi connectivity index (χ0) is 12.8. The molecule has 0 aliphatic rings. The number of nitrogens with zero attached hydrogens (tertiary/aromatic N) is 4. The first-order chi connectivity index (χ1) is 8.83. The molecule has 0 N–H and O–H groups in total. The average Bonchev–Trinajstić information content (AvgIpc) is 2.46. The van der Waals surface area contributed by atoms with Crippen molar-refractivity contribution >= 4 is 5.82 Å². The van der Waals surface area contributed by atoms with E-state index in [1.165, 1.54) is 0 Å². The monoisotopic (exact) mass is 238 g/mol. The summed E-state index contributed by atoms with van der Waals surface area (Å²) < 4.78 is 0. The Morgan fingerprint density at radius 1 is 1.22 bits per heavy atom. The molecule has 0 aliphatic carbocycles. The van der Waals surface area contributed by atoms with Gasteiger partial charge in [-0.05, 0) is 31.2 Å². The van der Waals surface area contributed by atoms with E-state index in [2.05, 4.69) is 27.9 Å². The minimum atomic E-state index is 0.437. The summed E-state index contributed by atoms with van der Waals surface area (Å²) in [6.07, 6.45) is 1.78. The van der Waals surface area contributed by atoms with Crippen molar-refractivity contribution < 1.29 is 0 Å². The predicted octanol–water partition coefficient (Wildman–Crippen LogP) is 2.37. The Labute approximate surface area is 107 Å². The third-order valence-electron chi connectivity index (χ3n) is 2.63. The molecular formula is C14H14N4. The zero-order valence-corrected chi connectivity index (χ0v) is 10.2. The van der Waals surface area contributed by atoms with E-state index < -0.39 is 0 Å². The van der Waals surface area contributed by atoms with Crippen molar-refractivity contribution in [2.45, 2.75) is 13.5 Å². The van der Waals surface area contributed by atoms with Crippen LogP contribution >= 0.6 is 0 Å². The molecule has 0 aliphatic heterocycles. The van der Waals surface area contributed by atoms with E-state index in [4.69, 9.17) is 5.26 Å². The Balaban J connectivity index is 2.21. The summed E-state index contributed by atoms with van der Waals surface area (Å²) in [5.74, 6) is 0.808. The van der Waals surface area contributed by atoms with Gasteiger partial charge in [-0.2, -0.15) is 5.26 Å². The molecule has 0 saturated carbocycles. The second-order valence-electron chi connectivity index (χ2n) is 3.83. The maximum absolute atomic E-state index is 8.86. The lowest BCUT2D eigenvalue weighted by atomic mass is 10.3. The van der Waals surface area contributed by atoms with Gasteiger partial charge in [-0.15, -0.1) is 0 Å². The molecular weight excluding hydrogens is 224 g/mol. The molecule has 2 rings (SSSR count). The van der Waals surface area contributed by atoms with Gasteiger partial charge in [0, 0.05) is 12.7 Å². The molecule has 18 heavy (non-hydrogen) atoms. The molecule has 4 heteroatoms. The molecule has 90 valence electrons. The van der Waals surface area contributed by atoms with Crippen LogP contribution in [0.3, 0.4) is 0 Å². The number of anilines is 1. The summed E-state index contributed by atoms with van der Waals surface area (Å²) in [7, 11) is 0. The van der Waals surface area contributed by atoms with Crippen LogP contribution in [0.25, 0.3) is 0 Å². The molecule has 2 heterocycles. The van der Waals surface area contributed by atoms with Crippen LogP contribution in [0.15, 0.2) is 42.6 Å². The number of aromatic nitrogens is 2. The first-order valence-corrected chi connectivity index (χ1v) is 5.85. The average molecular weight is 238 g/mol. The SMILES string of the molecule is CCN(Cc1ccccn1)c1cccc(C#N)n1. The maximum Gasteiger partial charge on any atom is 0.142 e. The molecule has 0 saturated heterocycles. The van der Waals surface area contributed by atoms with Gasteiger partial charge in [-0.1, -0.05) is 12.1 Å². The topological polar surface area (TPSA) is 52.8 Å². The lowest BCUT2D eigenvalue weighted by Crippen LogP contribution is -2.23. The van der Waals surface area contributed by atoms with E-state index in [1.54, 1.807) is 12.3 Å². The first kappa shape index (κ1) is 12.1. The van der Waals surface area contributed by atoms with Gasteiger partial charge in [0.2, 0.25) is 0 Å². The number of pyridine rings is 2. The summed E-state index contributed by atoms with van der Waals surface area (Å²) in [6.45, 7) is 3.57. The van der Waals surface area contributed by atoms with Gasteiger partial charge in [-0.3, -0.25) is 4.98 Å². The smallest absolute Gasteiger partial charge is 0.142 e. The van der Waals surface area contributed by atoms with Crippen molar-refractivity contribution in [1.29, 1.82) is 5.26 Å². The number of hydrogen-bond acceptors (Lipinski definition) is 4. The quantitative estimate of drug-likeness (QED) is 0.820. The summed E-state index contributed by atoms with van der Waals surface area (Å²) >= 11 is 0. The fourth-order valence-electron chi connectivity index (χ4n) is 1.70. The van der Waals surface area contributed by atoms with Gasteiger partial charge < -0.3 is 4.90 Å². The minimum Gasteiger partial charge on any atom is -0.351 e. The summed E-state index contributed by atoms with van der Waals surface area (Å²) in [5, 5.41) is 8.86. The van der Waals surface area contributed by atoms with Gasteiger partial charge in [0.1, 0.15) is 17.6 Å². The normalized spacial score (nSPS) is 9.78. The fraction of sp³-hybridized carbons (Fsp3) is 0.214. The van der Waals surface area contributed by atoms with E-state index in [-0.39, 0.29) is 0 Å². The van der Waals surface area contributed by atoms with E-state index in [0.717, 1.165) is 18.1 Å². The summed E-state index contributed by atoms with van der Waals surface area (Å²) in [4.78, 5) is 10.7. The highest BCUT2D eigenvalue weighted by Crippen LogP contribution is 2.13. The molecule has 0 spiro atoms. The van der Waals surface area contributed by atoms with Crippen molar-refractivity contribution in [1.82, 2.24) is 9.97 Å². The van der Waals surface area contributed by atoms with Crippen LogP contribution < -0.4 is 4.90 Å². The molecule has 2 aromatic rings. The second-order valence-corrected chi connectivity index (χ2v) is 3.83. The van der Waals surface area contributed by atoms with Crippen molar-refractivity contribution in [3.63, 3.8) is 0 Å². The van der Waals surface area contributed by atoms with Crippen LogP contribution in [0.2, 0.25) is 0 Å².